The number of imidazole rings is 1. The number of hydrogen-bond acceptors (Lipinski definition) is 5. The maximum Gasteiger partial charge on any atom is 0.360 e. The van der Waals surface area contributed by atoms with Crippen molar-refractivity contribution in [2.75, 3.05) is 19.5 Å². The summed E-state index contributed by atoms with van der Waals surface area (Å²) in [6.07, 6.45) is 3.16. The number of esters is 1. The van der Waals surface area contributed by atoms with Gasteiger partial charge in [0, 0.05) is 13.2 Å². The molecule has 6 heteroatoms. The molecule has 19 heavy (non-hydrogen) atoms. The standard InChI is InChI=1S/C13H21N3O3/c1-4-19-13(17)11-12(14)16(8(2)15-11)9-5-6-10(7-9)18-3/h9-10H,4-7,14H2,1-3H3. The lowest BCUT2D eigenvalue weighted by molar-refractivity contribution is 0.0521. The van der Waals surface area contributed by atoms with E-state index in [0.717, 1.165) is 25.1 Å². The topological polar surface area (TPSA) is 79.4 Å². The average Bonchev–Trinajstić information content (AvgIpc) is 2.94. The van der Waals surface area contributed by atoms with Crippen molar-refractivity contribution in [1.82, 2.24) is 9.55 Å². The third-order valence-corrected chi connectivity index (χ3v) is 3.65. The zero-order valence-electron chi connectivity index (χ0n) is 11.7. The molecule has 2 rings (SSSR count). The van der Waals surface area contributed by atoms with E-state index in [4.69, 9.17) is 15.2 Å². The smallest absolute Gasteiger partial charge is 0.360 e. The highest BCUT2D eigenvalue weighted by atomic mass is 16.5. The van der Waals surface area contributed by atoms with Crippen LogP contribution in [0.2, 0.25) is 0 Å². The molecule has 0 saturated heterocycles. The van der Waals surface area contributed by atoms with Crippen molar-refractivity contribution in [3.05, 3.63) is 11.5 Å². The largest absolute Gasteiger partial charge is 0.461 e. The van der Waals surface area contributed by atoms with E-state index >= 15 is 0 Å². The van der Waals surface area contributed by atoms with E-state index in [-0.39, 0.29) is 17.8 Å². The van der Waals surface area contributed by atoms with Crippen LogP contribution in [0.15, 0.2) is 0 Å². The summed E-state index contributed by atoms with van der Waals surface area (Å²) in [6, 6.07) is 0.251. The molecule has 0 bridgehead atoms. The van der Waals surface area contributed by atoms with E-state index in [1.807, 2.05) is 11.5 Å². The molecule has 0 aromatic carbocycles. The minimum absolute atomic E-state index is 0.222. The normalized spacial score (nSPS) is 22.7. The molecule has 2 atom stereocenters. The lowest BCUT2D eigenvalue weighted by Gasteiger charge is -2.16. The molecule has 1 heterocycles. The molecule has 0 amide bonds. The van der Waals surface area contributed by atoms with Crippen molar-refractivity contribution in [3.63, 3.8) is 0 Å². The van der Waals surface area contributed by atoms with Crippen LogP contribution in [-0.4, -0.2) is 35.3 Å². The summed E-state index contributed by atoms with van der Waals surface area (Å²) in [5.74, 6) is 0.697. The van der Waals surface area contributed by atoms with Gasteiger partial charge in [-0.15, -0.1) is 0 Å². The molecule has 1 aliphatic rings. The Hall–Kier alpha value is -1.56. The number of hydrogen-bond donors (Lipinski definition) is 1. The number of aromatic nitrogens is 2. The first-order chi connectivity index (χ1) is 9.08. The molecule has 1 fully saturated rings. The second kappa shape index (κ2) is 5.61. The maximum absolute atomic E-state index is 11.8. The Morgan fingerprint density at radius 1 is 1.53 bits per heavy atom. The van der Waals surface area contributed by atoms with Crippen molar-refractivity contribution in [3.8, 4) is 0 Å². The fourth-order valence-corrected chi connectivity index (χ4v) is 2.74. The van der Waals surface area contributed by atoms with Gasteiger partial charge in [0.15, 0.2) is 5.69 Å². The molecule has 2 unspecified atom stereocenters. The van der Waals surface area contributed by atoms with Crippen molar-refractivity contribution < 1.29 is 14.3 Å². The van der Waals surface area contributed by atoms with Gasteiger partial charge in [0.2, 0.25) is 0 Å². The van der Waals surface area contributed by atoms with Gasteiger partial charge in [-0.25, -0.2) is 9.78 Å². The quantitative estimate of drug-likeness (QED) is 0.840. The van der Waals surface area contributed by atoms with Gasteiger partial charge < -0.3 is 19.8 Å². The Morgan fingerprint density at radius 3 is 2.84 bits per heavy atom. The maximum atomic E-state index is 11.8. The molecule has 1 aromatic rings. The van der Waals surface area contributed by atoms with Crippen LogP contribution in [-0.2, 0) is 9.47 Å². The zero-order valence-corrected chi connectivity index (χ0v) is 11.7. The van der Waals surface area contributed by atoms with Gasteiger partial charge in [-0.1, -0.05) is 0 Å². The molecular weight excluding hydrogens is 246 g/mol. The summed E-state index contributed by atoms with van der Waals surface area (Å²) in [5, 5.41) is 0. The van der Waals surface area contributed by atoms with Gasteiger partial charge in [0.05, 0.1) is 12.7 Å². The van der Waals surface area contributed by atoms with Crippen molar-refractivity contribution in [2.45, 2.75) is 45.3 Å². The van der Waals surface area contributed by atoms with Crippen LogP contribution in [0.1, 0.15) is 48.5 Å². The lowest BCUT2D eigenvalue weighted by Crippen LogP contribution is -2.14. The molecule has 6 nitrogen and oxygen atoms in total. The molecule has 0 spiro atoms. The van der Waals surface area contributed by atoms with E-state index in [0.29, 0.717) is 12.4 Å². The fourth-order valence-electron chi connectivity index (χ4n) is 2.74. The first-order valence-electron chi connectivity index (χ1n) is 6.62. The Balaban J connectivity index is 2.25. The molecule has 0 radical (unpaired) electrons. The Labute approximate surface area is 112 Å². The van der Waals surface area contributed by atoms with Crippen LogP contribution >= 0.6 is 0 Å². The Morgan fingerprint density at radius 2 is 2.26 bits per heavy atom. The van der Waals surface area contributed by atoms with Crippen molar-refractivity contribution >= 4 is 11.8 Å². The first-order valence-corrected chi connectivity index (χ1v) is 6.62. The summed E-state index contributed by atoms with van der Waals surface area (Å²) in [7, 11) is 1.72. The molecule has 2 N–H and O–H groups in total. The lowest BCUT2D eigenvalue weighted by atomic mass is 10.2. The van der Waals surface area contributed by atoms with Gasteiger partial charge >= 0.3 is 5.97 Å². The van der Waals surface area contributed by atoms with Gasteiger partial charge in [-0.3, -0.25) is 0 Å². The summed E-state index contributed by atoms with van der Waals surface area (Å²) >= 11 is 0. The van der Waals surface area contributed by atoms with Crippen LogP contribution in [0, 0.1) is 6.92 Å². The van der Waals surface area contributed by atoms with Crippen LogP contribution < -0.4 is 5.73 Å². The minimum atomic E-state index is -0.455. The highest BCUT2D eigenvalue weighted by molar-refractivity contribution is 5.92. The summed E-state index contributed by atoms with van der Waals surface area (Å²) in [5.41, 5.74) is 6.28. The van der Waals surface area contributed by atoms with Gasteiger partial charge in [0.25, 0.3) is 0 Å². The number of carbonyl (C=O) groups is 1. The number of rotatable bonds is 4. The van der Waals surface area contributed by atoms with Crippen LogP contribution in [0.3, 0.4) is 0 Å². The van der Waals surface area contributed by atoms with E-state index in [2.05, 4.69) is 4.98 Å². The summed E-state index contributed by atoms with van der Waals surface area (Å²) < 4.78 is 12.3. The van der Waals surface area contributed by atoms with Crippen LogP contribution in [0.4, 0.5) is 5.82 Å². The first kappa shape index (κ1) is 13.9. The van der Waals surface area contributed by atoms with Crippen LogP contribution in [0.5, 0.6) is 0 Å². The van der Waals surface area contributed by atoms with Gasteiger partial charge in [-0.05, 0) is 33.1 Å². The number of ether oxygens (including phenoxy) is 2. The van der Waals surface area contributed by atoms with Crippen molar-refractivity contribution in [1.29, 1.82) is 0 Å². The SMILES string of the molecule is CCOC(=O)c1nc(C)n(C2CCC(OC)C2)c1N. The van der Waals surface area contributed by atoms with E-state index in [1.165, 1.54) is 0 Å². The van der Waals surface area contributed by atoms with Crippen LogP contribution in [0.25, 0.3) is 0 Å². The Bertz CT molecular complexity index is 470. The molecule has 1 aliphatic carbocycles. The fraction of sp³-hybridized carbons (Fsp3) is 0.692. The van der Waals surface area contributed by atoms with E-state index < -0.39 is 5.97 Å². The number of nitrogens with two attached hydrogens (primary N) is 1. The monoisotopic (exact) mass is 267 g/mol. The predicted molar refractivity (Wildman–Crippen MR) is 71.0 cm³/mol. The molecule has 0 aliphatic heterocycles. The minimum Gasteiger partial charge on any atom is -0.461 e. The Kier molecular flexibility index (Phi) is 4.09. The molecule has 1 aromatic heterocycles. The third-order valence-electron chi connectivity index (χ3n) is 3.65. The van der Waals surface area contributed by atoms with Gasteiger partial charge in [-0.2, -0.15) is 0 Å². The number of carbonyl (C=O) groups excluding carboxylic acids is 1. The molecule has 106 valence electrons. The average molecular weight is 267 g/mol. The molecule has 1 saturated carbocycles. The number of methoxy groups -OCH3 is 1. The second-order valence-corrected chi connectivity index (χ2v) is 4.81. The summed E-state index contributed by atoms with van der Waals surface area (Å²) in [4.78, 5) is 16.0. The molecular formula is C13H21N3O3. The third kappa shape index (κ3) is 2.58. The second-order valence-electron chi connectivity index (χ2n) is 4.81. The highest BCUT2D eigenvalue weighted by Crippen LogP contribution is 2.35. The predicted octanol–water partition coefficient (Wildman–Crippen LogP) is 1.69. The van der Waals surface area contributed by atoms with E-state index in [1.54, 1.807) is 14.0 Å². The van der Waals surface area contributed by atoms with Gasteiger partial charge in [0.1, 0.15) is 11.6 Å². The summed E-state index contributed by atoms with van der Waals surface area (Å²) in [6.45, 7) is 3.94. The number of anilines is 1. The van der Waals surface area contributed by atoms with Crippen molar-refractivity contribution in [2.24, 2.45) is 0 Å². The van der Waals surface area contributed by atoms with E-state index in [9.17, 15) is 4.79 Å². The highest BCUT2D eigenvalue weighted by Gasteiger charge is 2.30. The number of aryl methyl sites for hydroxylation is 1. The number of nitrogens with zero attached hydrogens (tertiary/aromatic N) is 2. The zero-order chi connectivity index (χ0) is 14.0. The number of nitrogen functional groups attached to an aromatic ring is 1.